The average Bonchev–Trinajstić information content (AvgIpc) is 3.50. The fourth-order valence-electron chi connectivity index (χ4n) is 4.27. The van der Waals surface area contributed by atoms with Crippen molar-refractivity contribution in [2.75, 3.05) is 44.7 Å². The fourth-order valence-corrected chi connectivity index (χ4v) is 4.66. The van der Waals surface area contributed by atoms with Crippen LogP contribution in [-0.4, -0.2) is 64.7 Å². The monoisotopic (exact) mass is 497 g/mol. The van der Waals surface area contributed by atoms with E-state index >= 15 is 0 Å². The molecule has 0 radical (unpaired) electrons. The number of fused-ring (bicyclic) bond motifs is 1. The van der Waals surface area contributed by atoms with Crippen LogP contribution in [0.15, 0.2) is 35.1 Å². The SMILES string of the molecule is Cc1cc(-c2cnc3c(NCCN4CCOCC4)cc(Br)nn23)ccc1C(=O)CC1CC1. The lowest BCUT2D eigenvalue weighted by molar-refractivity contribution is 0.0398. The number of aromatic nitrogens is 3. The number of nitrogens with zero attached hydrogens (tertiary/aromatic N) is 4. The molecule has 2 fully saturated rings. The zero-order valence-corrected chi connectivity index (χ0v) is 19.9. The molecule has 0 bridgehead atoms. The van der Waals surface area contributed by atoms with E-state index in [-0.39, 0.29) is 5.78 Å². The van der Waals surface area contributed by atoms with Crippen LogP contribution in [0, 0.1) is 12.8 Å². The summed E-state index contributed by atoms with van der Waals surface area (Å²) in [7, 11) is 0. The van der Waals surface area contributed by atoms with Gasteiger partial charge in [-0.25, -0.2) is 9.50 Å². The van der Waals surface area contributed by atoms with Gasteiger partial charge >= 0.3 is 0 Å². The van der Waals surface area contributed by atoms with Crippen molar-refractivity contribution in [3.8, 4) is 11.3 Å². The van der Waals surface area contributed by atoms with Crippen molar-refractivity contribution in [2.24, 2.45) is 5.92 Å². The number of imidazole rings is 1. The van der Waals surface area contributed by atoms with E-state index in [0.717, 1.165) is 77.7 Å². The molecule has 32 heavy (non-hydrogen) atoms. The molecule has 0 atom stereocenters. The highest BCUT2D eigenvalue weighted by molar-refractivity contribution is 9.10. The van der Waals surface area contributed by atoms with E-state index in [1.807, 2.05) is 35.8 Å². The zero-order valence-electron chi connectivity index (χ0n) is 18.3. The molecule has 2 aromatic heterocycles. The summed E-state index contributed by atoms with van der Waals surface area (Å²) in [5, 5.41) is 8.16. The lowest BCUT2D eigenvalue weighted by Gasteiger charge is -2.26. The molecule has 1 saturated heterocycles. The molecule has 8 heteroatoms. The van der Waals surface area contributed by atoms with Gasteiger partial charge in [-0.15, -0.1) is 0 Å². The van der Waals surface area contributed by atoms with Gasteiger partial charge in [0.05, 0.1) is 30.8 Å². The predicted molar refractivity (Wildman–Crippen MR) is 128 cm³/mol. The van der Waals surface area contributed by atoms with E-state index in [2.05, 4.69) is 42.3 Å². The third kappa shape index (κ3) is 4.72. The van der Waals surface area contributed by atoms with Crippen molar-refractivity contribution < 1.29 is 9.53 Å². The zero-order chi connectivity index (χ0) is 22.1. The van der Waals surface area contributed by atoms with Crippen molar-refractivity contribution in [1.82, 2.24) is 19.5 Å². The first kappa shape index (κ1) is 21.6. The van der Waals surface area contributed by atoms with Crippen LogP contribution in [0.3, 0.4) is 0 Å². The Morgan fingerprint density at radius 2 is 2.06 bits per heavy atom. The maximum atomic E-state index is 12.6. The summed E-state index contributed by atoms with van der Waals surface area (Å²) in [6.07, 6.45) is 4.90. The first-order valence-corrected chi connectivity index (χ1v) is 12.1. The molecule has 2 aliphatic rings. The lowest BCUT2D eigenvalue weighted by atomic mass is 9.98. The molecule has 1 N–H and O–H groups in total. The number of benzene rings is 1. The van der Waals surface area contributed by atoms with Crippen LogP contribution in [-0.2, 0) is 4.74 Å². The molecule has 3 heterocycles. The number of halogens is 1. The molecule has 1 saturated carbocycles. The van der Waals surface area contributed by atoms with Crippen molar-refractivity contribution in [3.05, 3.63) is 46.2 Å². The number of hydrogen-bond acceptors (Lipinski definition) is 6. The number of ketones is 1. The standard InChI is InChI=1S/C24H28BrN5O2/c1-16-12-18(4-5-19(16)22(31)13-17-2-3-17)21-15-27-24-20(14-23(25)28-30(21)24)26-6-7-29-8-10-32-11-9-29/h4-5,12,14-15,17,26H,2-3,6-11,13H2,1H3. The molecule has 0 unspecified atom stereocenters. The van der Waals surface area contributed by atoms with Crippen molar-refractivity contribution in [1.29, 1.82) is 0 Å². The molecule has 0 amide bonds. The van der Waals surface area contributed by atoms with Crippen LogP contribution < -0.4 is 5.32 Å². The number of carbonyl (C=O) groups excluding carboxylic acids is 1. The molecule has 1 aliphatic carbocycles. The number of Topliss-reactive ketones (excluding diaryl/α,β-unsaturated/α-hetero) is 1. The molecular weight excluding hydrogens is 470 g/mol. The number of carbonyl (C=O) groups is 1. The smallest absolute Gasteiger partial charge is 0.177 e. The second-order valence-electron chi connectivity index (χ2n) is 8.74. The number of nitrogens with one attached hydrogen (secondary N) is 1. The molecule has 5 rings (SSSR count). The van der Waals surface area contributed by atoms with Crippen LogP contribution in [0.5, 0.6) is 0 Å². The molecule has 3 aromatic rings. The van der Waals surface area contributed by atoms with E-state index in [1.54, 1.807) is 0 Å². The summed E-state index contributed by atoms with van der Waals surface area (Å²) in [5.41, 5.74) is 5.47. The number of hydrogen-bond donors (Lipinski definition) is 1. The van der Waals surface area contributed by atoms with Gasteiger partial charge in [0.15, 0.2) is 11.4 Å². The highest BCUT2D eigenvalue weighted by atomic mass is 79.9. The van der Waals surface area contributed by atoms with Crippen molar-refractivity contribution in [2.45, 2.75) is 26.2 Å². The Kier molecular flexibility index (Phi) is 6.26. The first-order chi connectivity index (χ1) is 15.6. The molecule has 7 nitrogen and oxygen atoms in total. The highest BCUT2D eigenvalue weighted by Crippen LogP contribution is 2.34. The van der Waals surface area contributed by atoms with Gasteiger partial charge in [0.2, 0.25) is 0 Å². The number of rotatable bonds is 8. The lowest BCUT2D eigenvalue weighted by Crippen LogP contribution is -2.39. The second-order valence-corrected chi connectivity index (χ2v) is 9.55. The average molecular weight is 498 g/mol. The Hall–Kier alpha value is -2.29. The minimum Gasteiger partial charge on any atom is -0.381 e. The van der Waals surface area contributed by atoms with Crippen LogP contribution in [0.4, 0.5) is 5.69 Å². The van der Waals surface area contributed by atoms with Crippen molar-refractivity contribution in [3.63, 3.8) is 0 Å². The summed E-state index contributed by atoms with van der Waals surface area (Å²) in [6.45, 7) is 7.35. The molecule has 1 aromatic carbocycles. The molecule has 1 aliphatic heterocycles. The summed E-state index contributed by atoms with van der Waals surface area (Å²) < 4.78 is 8.03. The largest absolute Gasteiger partial charge is 0.381 e. The highest BCUT2D eigenvalue weighted by Gasteiger charge is 2.25. The number of anilines is 1. The summed E-state index contributed by atoms with van der Waals surface area (Å²) in [5.74, 6) is 0.846. The van der Waals surface area contributed by atoms with Crippen LogP contribution in [0.2, 0.25) is 0 Å². The fraction of sp³-hybridized carbons (Fsp3) is 0.458. The Morgan fingerprint density at radius 3 is 2.81 bits per heavy atom. The summed E-state index contributed by atoms with van der Waals surface area (Å²) in [4.78, 5) is 19.6. The third-order valence-corrected chi connectivity index (χ3v) is 6.67. The number of ether oxygens (including phenoxy) is 1. The Bertz CT molecular complexity index is 1130. The van der Waals surface area contributed by atoms with Gasteiger partial charge in [-0.3, -0.25) is 9.69 Å². The molecule has 0 spiro atoms. The first-order valence-electron chi connectivity index (χ1n) is 11.3. The second kappa shape index (κ2) is 9.29. The van der Waals surface area contributed by atoms with Gasteiger partial charge < -0.3 is 10.1 Å². The minimum atomic E-state index is 0.252. The summed E-state index contributed by atoms with van der Waals surface area (Å²) >= 11 is 3.55. The van der Waals surface area contributed by atoms with Gasteiger partial charge in [-0.2, -0.15) is 5.10 Å². The van der Waals surface area contributed by atoms with Crippen LogP contribution >= 0.6 is 15.9 Å². The number of morpholine rings is 1. The maximum Gasteiger partial charge on any atom is 0.177 e. The minimum absolute atomic E-state index is 0.252. The quantitative estimate of drug-likeness (QED) is 0.470. The Morgan fingerprint density at radius 1 is 1.25 bits per heavy atom. The van der Waals surface area contributed by atoms with Crippen LogP contribution in [0.1, 0.15) is 35.2 Å². The summed E-state index contributed by atoms with van der Waals surface area (Å²) in [6, 6.07) is 7.99. The van der Waals surface area contributed by atoms with Gasteiger partial charge in [0, 0.05) is 43.7 Å². The molecular formula is C24H28BrN5O2. The van der Waals surface area contributed by atoms with Crippen molar-refractivity contribution >= 4 is 33.0 Å². The van der Waals surface area contributed by atoms with Crippen LogP contribution in [0.25, 0.3) is 16.9 Å². The predicted octanol–water partition coefficient (Wildman–Crippen LogP) is 4.19. The van der Waals surface area contributed by atoms with Gasteiger partial charge in [-0.1, -0.05) is 12.1 Å². The van der Waals surface area contributed by atoms with E-state index in [9.17, 15) is 4.79 Å². The molecule has 168 valence electrons. The van der Waals surface area contributed by atoms with E-state index in [4.69, 9.17) is 4.74 Å². The Balaban J connectivity index is 1.36. The Labute approximate surface area is 196 Å². The third-order valence-electron chi connectivity index (χ3n) is 6.28. The van der Waals surface area contributed by atoms with E-state index < -0.39 is 0 Å². The van der Waals surface area contributed by atoms with Gasteiger partial charge in [-0.05, 0) is 59.3 Å². The van der Waals surface area contributed by atoms with Gasteiger partial charge in [0.1, 0.15) is 4.60 Å². The van der Waals surface area contributed by atoms with E-state index in [0.29, 0.717) is 12.3 Å². The topological polar surface area (TPSA) is 71.8 Å². The van der Waals surface area contributed by atoms with E-state index in [1.165, 1.54) is 12.8 Å². The number of aryl methyl sites for hydroxylation is 1. The maximum absolute atomic E-state index is 12.6. The normalized spacial score (nSPS) is 17.1. The van der Waals surface area contributed by atoms with Gasteiger partial charge in [0.25, 0.3) is 0 Å².